The Morgan fingerprint density at radius 2 is 1.91 bits per heavy atom. The number of nitrogens with zero attached hydrogens (tertiary/aromatic N) is 1. The lowest BCUT2D eigenvalue weighted by Gasteiger charge is -2.40. The van der Waals surface area contributed by atoms with Gasteiger partial charge in [-0.3, -0.25) is 0 Å². The van der Waals surface area contributed by atoms with Crippen molar-refractivity contribution in [1.82, 2.24) is 4.90 Å². The normalized spacial score (nSPS) is 18.5. The molecule has 0 radical (unpaired) electrons. The fourth-order valence-electron chi connectivity index (χ4n) is 2.78. The number of carbonyl (C=O) groups excluding carboxylic acids is 1. The Kier molecular flexibility index (Phi) is 3.90. The average Bonchev–Trinajstić information content (AvgIpc) is 3.14. The summed E-state index contributed by atoms with van der Waals surface area (Å²) in [6.07, 6.45) is 2.31. The van der Waals surface area contributed by atoms with Gasteiger partial charge in [0.25, 0.3) is 0 Å². The largest absolute Gasteiger partial charge is 0.488 e. The van der Waals surface area contributed by atoms with Gasteiger partial charge in [-0.25, -0.2) is 4.79 Å². The van der Waals surface area contributed by atoms with E-state index in [1.165, 1.54) is 5.56 Å². The molecule has 1 amide bonds. The van der Waals surface area contributed by atoms with E-state index in [2.05, 4.69) is 13.0 Å². The Balaban J connectivity index is 1.65. The van der Waals surface area contributed by atoms with Gasteiger partial charge in [-0.1, -0.05) is 0 Å². The van der Waals surface area contributed by atoms with E-state index in [0.29, 0.717) is 30.8 Å². The number of likely N-dealkylation sites (tertiary alicyclic amines) is 1. The molecule has 5 nitrogen and oxygen atoms in total. The minimum absolute atomic E-state index is 0.240. The first kappa shape index (κ1) is 16.0. The van der Waals surface area contributed by atoms with Crippen molar-refractivity contribution in [2.45, 2.75) is 58.2 Å². The van der Waals surface area contributed by atoms with Crippen LogP contribution in [0.2, 0.25) is 0 Å². The highest BCUT2D eigenvalue weighted by molar-refractivity contribution is 5.70. The van der Waals surface area contributed by atoms with E-state index in [-0.39, 0.29) is 6.09 Å². The van der Waals surface area contributed by atoms with E-state index in [9.17, 15) is 4.79 Å². The predicted molar refractivity (Wildman–Crippen MR) is 89.8 cm³/mol. The first-order chi connectivity index (χ1) is 10.7. The molecule has 0 aromatic heterocycles. The van der Waals surface area contributed by atoms with E-state index >= 15 is 0 Å². The van der Waals surface area contributed by atoms with Crippen LogP contribution in [0.25, 0.3) is 0 Å². The number of amides is 1. The number of aryl methyl sites for hydroxylation is 1. The van der Waals surface area contributed by atoms with Gasteiger partial charge in [-0.2, -0.15) is 0 Å². The molecule has 3 rings (SSSR count). The second-order valence-corrected chi connectivity index (χ2v) is 7.65. The minimum Gasteiger partial charge on any atom is -0.488 e. The fourth-order valence-corrected chi connectivity index (χ4v) is 2.78. The molecule has 0 atom stereocenters. The molecule has 1 aromatic carbocycles. The van der Waals surface area contributed by atoms with Crippen molar-refractivity contribution >= 4 is 11.8 Å². The van der Waals surface area contributed by atoms with Crippen LogP contribution in [0.5, 0.6) is 5.75 Å². The molecule has 1 saturated heterocycles. The Morgan fingerprint density at radius 1 is 1.26 bits per heavy atom. The van der Waals surface area contributed by atoms with E-state index < -0.39 is 5.60 Å². The summed E-state index contributed by atoms with van der Waals surface area (Å²) in [5, 5.41) is 0. The van der Waals surface area contributed by atoms with E-state index in [4.69, 9.17) is 15.2 Å². The number of nitrogen functional groups attached to an aromatic ring is 1. The second-order valence-electron chi connectivity index (χ2n) is 7.65. The van der Waals surface area contributed by atoms with Crippen LogP contribution in [0.15, 0.2) is 12.1 Å². The lowest BCUT2D eigenvalue weighted by Crippen LogP contribution is -2.50. The highest BCUT2D eigenvalue weighted by Crippen LogP contribution is 2.37. The summed E-state index contributed by atoms with van der Waals surface area (Å²) >= 11 is 0. The van der Waals surface area contributed by atoms with Crippen LogP contribution < -0.4 is 10.5 Å². The summed E-state index contributed by atoms with van der Waals surface area (Å²) < 4.78 is 11.3. The smallest absolute Gasteiger partial charge is 0.410 e. The first-order valence-corrected chi connectivity index (χ1v) is 8.27. The molecule has 23 heavy (non-hydrogen) atoms. The summed E-state index contributed by atoms with van der Waals surface area (Å²) in [7, 11) is 0. The van der Waals surface area contributed by atoms with Crippen molar-refractivity contribution < 1.29 is 14.3 Å². The molecule has 1 saturated carbocycles. The van der Waals surface area contributed by atoms with Crippen LogP contribution in [-0.2, 0) is 4.74 Å². The van der Waals surface area contributed by atoms with Crippen molar-refractivity contribution in [3.05, 3.63) is 23.3 Å². The molecule has 0 spiro atoms. The Morgan fingerprint density at radius 3 is 2.48 bits per heavy atom. The van der Waals surface area contributed by atoms with Crippen LogP contribution in [0.3, 0.4) is 0 Å². The number of carbonyl (C=O) groups is 1. The quantitative estimate of drug-likeness (QED) is 0.867. The van der Waals surface area contributed by atoms with Gasteiger partial charge in [0.05, 0.1) is 11.8 Å². The Hall–Kier alpha value is -1.91. The van der Waals surface area contributed by atoms with Crippen molar-refractivity contribution in [2.24, 2.45) is 0 Å². The van der Waals surface area contributed by atoms with Gasteiger partial charge in [0.1, 0.15) is 11.4 Å². The number of ether oxygens (including phenoxy) is 2. The Bertz CT molecular complexity index is 611. The molecule has 0 bridgehead atoms. The van der Waals surface area contributed by atoms with E-state index in [1.807, 2.05) is 26.8 Å². The van der Waals surface area contributed by atoms with Gasteiger partial charge in [0, 0.05) is 19.0 Å². The van der Waals surface area contributed by atoms with E-state index in [1.54, 1.807) is 4.90 Å². The number of rotatable bonds is 3. The van der Waals surface area contributed by atoms with Crippen molar-refractivity contribution in [3.8, 4) is 5.75 Å². The van der Waals surface area contributed by atoms with Gasteiger partial charge in [0.15, 0.2) is 0 Å². The maximum absolute atomic E-state index is 12.0. The van der Waals surface area contributed by atoms with Crippen LogP contribution in [0.1, 0.15) is 50.7 Å². The Labute approximate surface area is 137 Å². The zero-order chi connectivity index (χ0) is 16.8. The lowest BCUT2D eigenvalue weighted by atomic mass is 9.88. The minimum atomic E-state index is -0.454. The summed E-state index contributed by atoms with van der Waals surface area (Å²) in [5.74, 6) is 1.11. The molecule has 126 valence electrons. The molecule has 2 fully saturated rings. The van der Waals surface area contributed by atoms with Gasteiger partial charge >= 0.3 is 6.09 Å². The van der Waals surface area contributed by atoms with Gasteiger partial charge < -0.3 is 20.1 Å². The molecule has 5 heteroatoms. The number of nitrogens with two attached hydrogens (primary N) is 1. The molecule has 2 N–H and O–H groups in total. The third-order valence-corrected chi connectivity index (χ3v) is 4.19. The van der Waals surface area contributed by atoms with Crippen LogP contribution >= 0.6 is 0 Å². The fraction of sp³-hybridized carbons (Fsp3) is 0.611. The number of hydrogen-bond acceptors (Lipinski definition) is 4. The third kappa shape index (κ3) is 3.71. The van der Waals surface area contributed by atoms with Crippen molar-refractivity contribution in [2.75, 3.05) is 18.8 Å². The first-order valence-electron chi connectivity index (χ1n) is 8.27. The van der Waals surface area contributed by atoms with Crippen molar-refractivity contribution in [3.63, 3.8) is 0 Å². The number of hydrogen-bond donors (Lipinski definition) is 1. The van der Waals surface area contributed by atoms with Crippen LogP contribution in [0, 0.1) is 6.92 Å². The summed E-state index contributed by atoms with van der Waals surface area (Å²) in [5.41, 5.74) is 8.67. The molecule has 1 aromatic rings. The van der Waals surface area contributed by atoms with Gasteiger partial charge in [0.2, 0.25) is 0 Å². The zero-order valence-corrected chi connectivity index (χ0v) is 14.4. The highest BCUT2D eigenvalue weighted by atomic mass is 16.6. The van der Waals surface area contributed by atoms with Gasteiger partial charge in [-0.15, -0.1) is 0 Å². The molecule has 1 aliphatic carbocycles. The van der Waals surface area contributed by atoms with Gasteiger partial charge in [-0.05, 0) is 63.8 Å². The van der Waals surface area contributed by atoms with Crippen LogP contribution in [-0.4, -0.2) is 35.8 Å². The van der Waals surface area contributed by atoms with Crippen molar-refractivity contribution in [1.29, 1.82) is 0 Å². The van der Waals surface area contributed by atoms with Crippen LogP contribution in [0.4, 0.5) is 10.5 Å². The maximum atomic E-state index is 12.0. The summed E-state index contributed by atoms with van der Waals surface area (Å²) in [6, 6.07) is 4.03. The second kappa shape index (κ2) is 5.62. The monoisotopic (exact) mass is 318 g/mol. The highest BCUT2D eigenvalue weighted by Gasteiger charge is 2.35. The third-order valence-electron chi connectivity index (χ3n) is 4.19. The predicted octanol–water partition coefficient (Wildman–Crippen LogP) is 3.45. The summed E-state index contributed by atoms with van der Waals surface area (Å²) in [4.78, 5) is 13.8. The molecule has 0 unspecified atom stereocenters. The topological polar surface area (TPSA) is 64.8 Å². The molecular weight excluding hydrogens is 292 g/mol. The maximum Gasteiger partial charge on any atom is 0.410 e. The molecule has 1 heterocycles. The molecule has 1 aliphatic heterocycles. The molecule has 2 aliphatic rings. The summed E-state index contributed by atoms with van der Waals surface area (Å²) in [6.45, 7) is 9.07. The average molecular weight is 318 g/mol. The SMILES string of the molecule is Cc1cc(N)c(OC2CC2)cc1C1CN(C(=O)OC(C)(C)C)C1. The number of benzene rings is 1. The lowest BCUT2D eigenvalue weighted by molar-refractivity contribution is 0.00813. The van der Waals surface area contributed by atoms with E-state index in [0.717, 1.165) is 24.2 Å². The molecular formula is C18H26N2O3. The zero-order valence-electron chi connectivity index (χ0n) is 14.4. The number of anilines is 1. The standard InChI is InChI=1S/C18H26N2O3/c1-11-7-15(19)16(22-13-5-6-13)8-14(11)12-9-20(10-12)17(21)23-18(2,3)4/h7-8,12-13H,5-6,9-10,19H2,1-4H3.